The molecule has 0 radical (unpaired) electrons. The Morgan fingerprint density at radius 2 is 2.38 bits per heavy atom. The molecule has 16 heavy (non-hydrogen) atoms. The van der Waals surface area contributed by atoms with Crippen LogP contribution in [0.2, 0.25) is 0 Å². The second-order valence-corrected chi connectivity index (χ2v) is 3.02. The van der Waals surface area contributed by atoms with E-state index in [1.807, 2.05) is 6.92 Å². The molecule has 0 aliphatic rings. The lowest BCUT2D eigenvalue weighted by Gasteiger charge is -1.95. The number of ether oxygens (including phenoxy) is 1. The van der Waals surface area contributed by atoms with Crippen LogP contribution in [0.25, 0.3) is 11.6 Å². The molecule has 0 aromatic carbocycles. The first-order valence-corrected chi connectivity index (χ1v) is 4.86. The molecule has 6 heteroatoms. The van der Waals surface area contributed by atoms with Crippen molar-refractivity contribution in [1.82, 2.24) is 15.1 Å². The number of nitrogens with zero attached hydrogens (tertiary/aromatic N) is 3. The zero-order valence-electron chi connectivity index (χ0n) is 8.75. The van der Waals surface area contributed by atoms with Gasteiger partial charge in [0.05, 0.1) is 0 Å². The van der Waals surface area contributed by atoms with Gasteiger partial charge in [-0.2, -0.15) is 4.98 Å². The van der Waals surface area contributed by atoms with Gasteiger partial charge < -0.3 is 14.4 Å². The summed E-state index contributed by atoms with van der Waals surface area (Å²) in [6, 6.07) is 3.13. The summed E-state index contributed by atoms with van der Waals surface area (Å²) in [7, 11) is 0. The maximum atomic E-state index is 9.53. The van der Waals surface area contributed by atoms with Crippen molar-refractivity contribution in [3.8, 4) is 17.3 Å². The number of hydrogen-bond donors (Lipinski definition) is 1. The fourth-order valence-electron chi connectivity index (χ4n) is 1.16. The van der Waals surface area contributed by atoms with Crippen molar-refractivity contribution >= 4 is 0 Å². The van der Waals surface area contributed by atoms with Crippen LogP contribution in [-0.4, -0.2) is 26.8 Å². The molecule has 0 unspecified atom stereocenters. The van der Waals surface area contributed by atoms with Gasteiger partial charge in [-0.05, 0) is 19.1 Å². The molecule has 0 bridgehead atoms. The van der Waals surface area contributed by atoms with E-state index in [1.54, 1.807) is 12.3 Å². The fourth-order valence-corrected chi connectivity index (χ4v) is 1.16. The van der Waals surface area contributed by atoms with Gasteiger partial charge in [-0.25, -0.2) is 4.98 Å². The summed E-state index contributed by atoms with van der Waals surface area (Å²) < 4.78 is 10.1. The van der Waals surface area contributed by atoms with Crippen molar-refractivity contribution in [2.24, 2.45) is 0 Å². The third-order valence-corrected chi connectivity index (χ3v) is 1.89. The van der Waals surface area contributed by atoms with Crippen molar-refractivity contribution in [1.29, 1.82) is 0 Å². The predicted octanol–water partition coefficient (Wildman–Crippen LogP) is 1.37. The Labute approximate surface area is 91.9 Å². The molecule has 0 atom stereocenters. The van der Waals surface area contributed by atoms with E-state index in [0.717, 1.165) is 0 Å². The lowest BCUT2D eigenvalue weighted by molar-refractivity contribution is 0.126. The first-order valence-electron chi connectivity index (χ1n) is 4.86. The van der Waals surface area contributed by atoms with E-state index in [-0.39, 0.29) is 23.9 Å². The first kappa shape index (κ1) is 10.6. The lowest BCUT2D eigenvalue weighted by atomic mass is 10.3. The summed E-state index contributed by atoms with van der Waals surface area (Å²) in [6.45, 7) is 2.75. The normalized spacial score (nSPS) is 10.6. The van der Waals surface area contributed by atoms with Crippen LogP contribution < -0.4 is 0 Å². The Morgan fingerprint density at radius 3 is 3.12 bits per heavy atom. The van der Waals surface area contributed by atoms with Gasteiger partial charge in [0.15, 0.2) is 11.5 Å². The summed E-state index contributed by atoms with van der Waals surface area (Å²) in [4.78, 5) is 8.01. The van der Waals surface area contributed by atoms with Crippen molar-refractivity contribution in [3.63, 3.8) is 0 Å². The molecule has 0 spiro atoms. The molecule has 2 rings (SSSR count). The van der Waals surface area contributed by atoms with E-state index in [0.29, 0.717) is 12.4 Å². The highest BCUT2D eigenvalue weighted by Gasteiger charge is 2.13. The van der Waals surface area contributed by atoms with Crippen LogP contribution in [0.15, 0.2) is 22.9 Å². The standard InChI is InChI=1S/C10H11N3O3/c1-2-15-6-8-12-10(16-13-8)9-7(14)4-3-5-11-9/h3-5,14H,2,6H2,1H3. The molecule has 2 aromatic rings. The smallest absolute Gasteiger partial charge is 0.280 e. The molecule has 0 aliphatic carbocycles. The average molecular weight is 221 g/mol. The Kier molecular flexibility index (Phi) is 3.11. The van der Waals surface area contributed by atoms with Crippen LogP contribution in [0.1, 0.15) is 12.7 Å². The van der Waals surface area contributed by atoms with E-state index < -0.39 is 0 Å². The zero-order chi connectivity index (χ0) is 11.4. The summed E-state index contributed by atoms with van der Waals surface area (Å²) in [5.74, 6) is 0.629. The van der Waals surface area contributed by atoms with Gasteiger partial charge in [-0.1, -0.05) is 5.16 Å². The highest BCUT2D eigenvalue weighted by atomic mass is 16.5. The van der Waals surface area contributed by atoms with Crippen LogP contribution in [0, 0.1) is 0 Å². The van der Waals surface area contributed by atoms with Gasteiger partial charge >= 0.3 is 0 Å². The minimum atomic E-state index is 0.00844. The van der Waals surface area contributed by atoms with Crippen LogP contribution in [0.4, 0.5) is 0 Å². The Bertz CT molecular complexity index is 470. The van der Waals surface area contributed by atoms with Gasteiger partial charge in [0, 0.05) is 12.8 Å². The monoisotopic (exact) mass is 221 g/mol. The Hall–Kier alpha value is -1.95. The van der Waals surface area contributed by atoms with Gasteiger partial charge in [-0.15, -0.1) is 0 Å². The molecular formula is C10H11N3O3. The molecular weight excluding hydrogens is 210 g/mol. The van der Waals surface area contributed by atoms with Crippen LogP contribution >= 0.6 is 0 Å². The van der Waals surface area contributed by atoms with Gasteiger partial charge in [0.1, 0.15) is 12.4 Å². The minimum Gasteiger partial charge on any atom is -0.505 e. The van der Waals surface area contributed by atoms with E-state index in [4.69, 9.17) is 9.26 Å². The van der Waals surface area contributed by atoms with Crippen LogP contribution in [-0.2, 0) is 11.3 Å². The first-order chi connectivity index (χ1) is 7.81. The van der Waals surface area contributed by atoms with Crippen molar-refractivity contribution in [3.05, 3.63) is 24.2 Å². The van der Waals surface area contributed by atoms with Gasteiger partial charge in [0.2, 0.25) is 0 Å². The largest absolute Gasteiger partial charge is 0.505 e. The number of aromatic nitrogens is 3. The summed E-state index contributed by atoms with van der Waals surface area (Å²) >= 11 is 0. The highest BCUT2D eigenvalue weighted by Crippen LogP contribution is 2.24. The maximum absolute atomic E-state index is 9.53. The molecule has 84 valence electrons. The molecule has 2 aromatic heterocycles. The third-order valence-electron chi connectivity index (χ3n) is 1.89. The van der Waals surface area contributed by atoms with Crippen molar-refractivity contribution in [2.45, 2.75) is 13.5 Å². The van der Waals surface area contributed by atoms with Crippen LogP contribution in [0.3, 0.4) is 0 Å². The van der Waals surface area contributed by atoms with E-state index in [2.05, 4.69) is 15.1 Å². The fraction of sp³-hybridized carbons (Fsp3) is 0.300. The highest BCUT2D eigenvalue weighted by molar-refractivity contribution is 5.55. The molecule has 6 nitrogen and oxygen atoms in total. The number of rotatable bonds is 4. The predicted molar refractivity (Wildman–Crippen MR) is 54.5 cm³/mol. The molecule has 0 amide bonds. The third kappa shape index (κ3) is 2.17. The molecule has 0 saturated heterocycles. The zero-order valence-corrected chi connectivity index (χ0v) is 8.75. The molecule has 0 fully saturated rings. The molecule has 2 heterocycles. The SMILES string of the molecule is CCOCc1noc(-c2ncccc2O)n1. The Morgan fingerprint density at radius 1 is 1.50 bits per heavy atom. The maximum Gasteiger partial charge on any atom is 0.280 e. The summed E-state index contributed by atoms with van der Waals surface area (Å²) in [6.07, 6.45) is 1.54. The average Bonchev–Trinajstić information content (AvgIpc) is 2.75. The quantitative estimate of drug-likeness (QED) is 0.839. The minimum absolute atomic E-state index is 0.00844. The lowest BCUT2D eigenvalue weighted by Crippen LogP contribution is -1.93. The molecule has 0 aliphatic heterocycles. The van der Waals surface area contributed by atoms with Gasteiger partial charge in [0.25, 0.3) is 5.89 Å². The molecule has 0 saturated carbocycles. The van der Waals surface area contributed by atoms with E-state index >= 15 is 0 Å². The van der Waals surface area contributed by atoms with Gasteiger partial charge in [-0.3, -0.25) is 0 Å². The van der Waals surface area contributed by atoms with E-state index in [9.17, 15) is 5.11 Å². The Balaban J connectivity index is 2.22. The summed E-state index contributed by atoms with van der Waals surface area (Å²) in [5.41, 5.74) is 0.276. The van der Waals surface area contributed by atoms with Crippen molar-refractivity contribution < 1.29 is 14.4 Å². The number of aromatic hydroxyl groups is 1. The molecule has 1 N–H and O–H groups in total. The number of pyridine rings is 1. The van der Waals surface area contributed by atoms with E-state index in [1.165, 1.54) is 6.07 Å². The van der Waals surface area contributed by atoms with Crippen molar-refractivity contribution in [2.75, 3.05) is 6.61 Å². The number of hydrogen-bond acceptors (Lipinski definition) is 6. The summed E-state index contributed by atoms with van der Waals surface area (Å²) in [5, 5.41) is 13.2. The second kappa shape index (κ2) is 4.71. The second-order valence-electron chi connectivity index (χ2n) is 3.02. The van der Waals surface area contributed by atoms with Crippen LogP contribution in [0.5, 0.6) is 5.75 Å². The topological polar surface area (TPSA) is 81.3 Å².